The highest BCUT2D eigenvalue weighted by atomic mass is 19.3. The van der Waals surface area contributed by atoms with Crippen molar-refractivity contribution in [1.29, 1.82) is 0 Å². The van der Waals surface area contributed by atoms with Crippen molar-refractivity contribution in [2.24, 2.45) is 0 Å². The summed E-state index contributed by atoms with van der Waals surface area (Å²) in [5, 5.41) is 22.8. The molecule has 2 aromatic carbocycles. The predicted octanol–water partition coefficient (Wildman–Crippen LogP) is 3.17. The molecule has 0 radical (unpaired) electrons. The molecule has 3 rings (SSSR count). The van der Waals surface area contributed by atoms with Crippen LogP contribution in [0.2, 0.25) is 0 Å². The maximum Gasteiger partial charge on any atom is 0.395 e. The normalized spacial score (nSPS) is 10.9. The van der Waals surface area contributed by atoms with Gasteiger partial charge in [-0.3, -0.25) is 19.7 Å². The van der Waals surface area contributed by atoms with Gasteiger partial charge in [-0.1, -0.05) is 18.2 Å². The molecule has 1 heterocycles. The summed E-state index contributed by atoms with van der Waals surface area (Å²) in [4.78, 5) is 39.0. The van der Waals surface area contributed by atoms with E-state index in [1.54, 1.807) is 24.3 Å². The Hall–Kier alpha value is -4.81. The molecule has 0 unspecified atom stereocenters. The fourth-order valence-corrected chi connectivity index (χ4v) is 2.63. The number of aromatic amines is 1. The number of nitro groups is 1. The van der Waals surface area contributed by atoms with E-state index in [-0.39, 0.29) is 18.2 Å². The second-order valence-corrected chi connectivity index (χ2v) is 6.52. The van der Waals surface area contributed by atoms with Crippen LogP contribution in [0.15, 0.2) is 53.3 Å². The minimum atomic E-state index is -2.94. The number of amides is 1. The molecule has 3 aromatic rings. The van der Waals surface area contributed by atoms with E-state index in [4.69, 9.17) is 4.74 Å². The molecule has 0 aliphatic heterocycles. The molecule has 1 aromatic heterocycles. The van der Waals surface area contributed by atoms with Gasteiger partial charge in [0.05, 0.1) is 4.92 Å². The van der Waals surface area contributed by atoms with E-state index in [1.165, 1.54) is 36.4 Å². The standard InChI is InChI=1S/C21H16F2N4O7/c22-21(23)34-15-8-4-13(5-9-15)24-17(28)11-33-14-6-1-12(2-7-14)3-10-16-25-19(29)18(27(31)32)20(30)26-16/h1-10,21H,11H2,(H,24,28)(H2,25,26,29,30)/b10-3+. The summed E-state index contributed by atoms with van der Waals surface area (Å²) >= 11 is 0. The fourth-order valence-electron chi connectivity index (χ4n) is 2.63. The molecule has 0 spiro atoms. The molecule has 0 aliphatic carbocycles. The first kappa shape index (κ1) is 23.8. The number of carbonyl (C=O) groups is 1. The van der Waals surface area contributed by atoms with E-state index >= 15 is 0 Å². The first-order valence-corrected chi connectivity index (χ1v) is 9.44. The number of aromatic nitrogens is 2. The molecule has 11 nitrogen and oxygen atoms in total. The van der Waals surface area contributed by atoms with Gasteiger partial charge in [-0.05, 0) is 48.0 Å². The fraction of sp³-hybridized carbons (Fsp3) is 0.0952. The zero-order valence-corrected chi connectivity index (χ0v) is 17.1. The van der Waals surface area contributed by atoms with Crippen LogP contribution in [0.5, 0.6) is 17.4 Å². The summed E-state index contributed by atoms with van der Waals surface area (Å²) in [6.45, 7) is -3.25. The van der Waals surface area contributed by atoms with Crippen molar-refractivity contribution in [3.05, 3.63) is 80.4 Å². The van der Waals surface area contributed by atoms with Crippen molar-refractivity contribution in [2.45, 2.75) is 6.61 Å². The number of halogens is 2. The van der Waals surface area contributed by atoms with Crippen LogP contribution in [-0.4, -0.2) is 39.1 Å². The molecule has 0 atom stereocenters. The molecule has 3 N–H and O–H groups in total. The van der Waals surface area contributed by atoms with Crippen molar-refractivity contribution in [2.75, 3.05) is 11.9 Å². The number of ether oxygens (including phenoxy) is 2. The Morgan fingerprint density at radius 1 is 1.15 bits per heavy atom. The summed E-state index contributed by atoms with van der Waals surface area (Å²) in [6.07, 6.45) is 2.87. The van der Waals surface area contributed by atoms with E-state index in [0.29, 0.717) is 17.0 Å². The Morgan fingerprint density at radius 3 is 2.38 bits per heavy atom. The van der Waals surface area contributed by atoms with Gasteiger partial charge in [0.25, 0.3) is 11.8 Å². The predicted molar refractivity (Wildman–Crippen MR) is 116 cm³/mol. The van der Waals surface area contributed by atoms with Gasteiger partial charge in [-0.25, -0.2) is 0 Å². The second kappa shape index (κ2) is 10.7. The third kappa shape index (κ3) is 6.59. The largest absolute Gasteiger partial charge is 0.488 e. The SMILES string of the molecule is O=C(COc1ccc(/C=C/c2nc(O)c([N+](=O)[O-])c(=O)[nH]2)cc1)Nc1ccc(OC(F)F)cc1. The molecule has 0 fully saturated rings. The maximum absolute atomic E-state index is 12.1. The van der Waals surface area contributed by atoms with Crippen LogP contribution in [0.4, 0.5) is 20.2 Å². The van der Waals surface area contributed by atoms with Crippen LogP contribution in [0.25, 0.3) is 12.2 Å². The van der Waals surface area contributed by atoms with Crippen LogP contribution in [0.1, 0.15) is 11.4 Å². The van der Waals surface area contributed by atoms with Crippen molar-refractivity contribution in [1.82, 2.24) is 9.97 Å². The number of carbonyl (C=O) groups excluding carboxylic acids is 1. The zero-order chi connectivity index (χ0) is 24.7. The molecular weight excluding hydrogens is 458 g/mol. The second-order valence-electron chi connectivity index (χ2n) is 6.52. The highest BCUT2D eigenvalue weighted by Gasteiger charge is 2.21. The number of H-pyrrole nitrogens is 1. The van der Waals surface area contributed by atoms with Gasteiger partial charge < -0.3 is 24.9 Å². The van der Waals surface area contributed by atoms with Crippen LogP contribution < -0.4 is 20.3 Å². The van der Waals surface area contributed by atoms with E-state index in [0.717, 1.165) is 0 Å². The lowest BCUT2D eigenvalue weighted by atomic mass is 10.2. The van der Waals surface area contributed by atoms with Gasteiger partial charge in [-0.2, -0.15) is 13.8 Å². The van der Waals surface area contributed by atoms with E-state index < -0.39 is 34.6 Å². The van der Waals surface area contributed by atoms with Gasteiger partial charge in [0.2, 0.25) is 0 Å². The molecule has 0 bridgehead atoms. The molecule has 0 saturated heterocycles. The topological polar surface area (TPSA) is 157 Å². The number of aromatic hydroxyl groups is 1. The minimum absolute atomic E-state index is 0.0362. The lowest BCUT2D eigenvalue weighted by molar-refractivity contribution is -0.387. The van der Waals surface area contributed by atoms with Crippen molar-refractivity contribution < 1.29 is 33.1 Å². The quantitative estimate of drug-likeness (QED) is 0.315. The van der Waals surface area contributed by atoms with Crippen molar-refractivity contribution in [3.63, 3.8) is 0 Å². The Balaban J connectivity index is 1.53. The summed E-state index contributed by atoms with van der Waals surface area (Å²) < 4.78 is 33.9. The lowest BCUT2D eigenvalue weighted by Crippen LogP contribution is -2.20. The van der Waals surface area contributed by atoms with Crippen LogP contribution >= 0.6 is 0 Å². The Bertz CT molecular complexity index is 1260. The van der Waals surface area contributed by atoms with E-state index in [9.17, 15) is 33.6 Å². The van der Waals surface area contributed by atoms with Gasteiger partial charge >= 0.3 is 17.9 Å². The molecule has 34 heavy (non-hydrogen) atoms. The summed E-state index contributed by atoms with van der Waals surface area (Å²) in [5.41, 5.74) is -1.11. The molecular formula is C21H16F2N4O7. The van der Waals surface area contributed by atoms with E-state index in [1.807, 2.05) is 0 Å². The summed E-state index contributed by atoms with van der Waals surface area (Å²) in [7, 11) is 0. The number of alkyl halides is 2. The number of nitrogens with zero attached hydrogens (tertiary/aromatic N) is 2. The number of anilines is 1. The number of hydrogen-bond acceptors (Lipinski definition) is 8. The molecule has 0 aliphatic rings. The van der Waals surface area contributed by atoms with Gasteiger partial charge in [-0.15, -0.1) is 0 Å². The van der Waals surface area contributed by atoms with Crippen LogP contribution in [-0.2, 0) is 4.79 Å². The zero-order valence-electron chi connectivity index (χ0n) is 17.1. The average Bonchev–Trinajstić information content (AvgIpc) is 2.77. The minimum Gasteiger partial charge on any atom is -0.488 e. The summed E-state index contributed by atoms with van der Waals surface area (Å²) in [5.74, 6) is -1.20. The highest BCUT2D eigenvalue weighted by Crippen LogP contribution is 2.19. The van der Waals surface area contributed by atoms with E-state index in [2.05, 4.69) is 20.0 Å². The van der Waals surface area contributed by atoms with Crippen LogP contribution in [0, 0.1) is 10.1 Å². The third-order valence-corrected chi connectivity index (χ3v) is 4.12. The Kier molecular flexibility index (Phi) is 7.48. The van der Waals surface area contributed by atoms with Gasteiger partial charge in [0.15, 0.2) is 6.61 Å². The number of benzene rings is 2. The highest BCUT2D eigenvalue weighted by molar-refractivity contribution is 5.91. The summed E-state index contributed by atoms with van der Waals surface area (Å²) in [6, 6.07) is 11.8. The first-order chi connectivity index (χ1) is 16.2. The lowest BCUT2D eigenvalue weighted by Gasteiger charge is -2.09. The Labute approximate surface area is 189 Å². The smallest absolute Gasteiger partial charge is 0.395 e. The van der Waals surface area contributed by atoms with Crippen molar-refractivity contribution >= 4 is 29.4 Å². The maximum atomic E-state index is 12.1. The number of hydrogen-bond donors (Lipinski definition) is 3. The molecule has 0 saturated carbocycles. The average molecular weight is 474 g/mol. The molecule has 13 heteroatoms. The monoisotopic (exact) mass is 474 g/mol. The first-order valence-electron chi connectivity index (χ1n) is 9.44. The van der Waals surface area contributed by atoms with Crippen LogP contribution in [0.3, 0.4) is 0 Å². The molecule has 176 valence electrons. The molecule has 1 amide bonds. The Morgan fingerprint density at radius 2 is 1.79 bits per heavy atom. The van der Waals surface area contributed by atoms with Gasteiger partial charge in [0, 0.05) is 5.69 Å². The number of nitrogens with one attached hydrogen (secondary N) is 2. The van der Waals surface area contributed by atoms with Gasteiger partial charge in [0.1, 0.15) is 17.3 Å². The third-order valence-electron chi connectivity index (χ3n) is 4.12. The van der Waals surface area contributed by atoms with Crippen molar-refractivity contribution in [3.8, 4) is 17.4 Å². The number of rotatable bonds is 9.